The highest BCUT2D eigenvalue weighted by Crippen LogP contribution is 2.41. The number of nitrogens with one attached hydrogen (secondary N) is 1. The fourth-order valence-electron chi connectivity index (χ4n) is 10.3. The number of aromatic nitrogens is 3. The third-order valence-corrected chi connectivity index (χ3v) is 13.8. The molecule has 0 spiro atoms. The zero-order chi connectivity index (χ0) is 48.2. The number of aryl methyl sites for hydroxylation is 4. The molecule has 5 heterocycles. The van der Waals surface area contributed by atoms with Gasteiger partial charge < -0.3 is 28.9 Å². The number of rotatable bonds is 14. The molecule has 4 amide bonds. The van der Waals surface area contributed by atoms with Crippen molar-refractivity contribution in [2.75, 3.05) is 39.3 Å². The van der Waals surface area contributed by atoms with E-state index in [1.807, 2.05) is 61.3 Å². The van der Waals surface area contributed by atoms with E-state index >= 15 is 0 Å². The molecular weight excluding hydrogens is 870 g/mol. The van der Waals surface area contributed by atoms with Gasteiger partial charge in [-0.3, -0.25) is 34.1 Å². The number of piperidine rings is 1. The molecule has 0 aliphatic carbocycles. The van der Waals surface area contributed by atoms with Crippen LogP contribution in [0.3, 0.4) is 0 Å². The Balaban J connectivity index is 0.917. The number of hydrogen-bond acceptors (Lipinski definition) is 9. The Morgan fingerprint density at radius 2 is 1.65 bits per heavy atom. The fraction of sp³-hybridized carbons (Fsp3) is 0.385. The zero-order valence-corrected chi connectivity index (χ0v) is 39.3. The average Bonchev–Trinajstić information content (AvgIpc) is 3.90. The first-order chi connectivity index (χ1) is 32.5. The van der Waals surface area contributed by atoms with Crippen molar-refractivity contribution in [1.82, 2.24) is 34.4 Å². The van der Waals surface area contributed by atoms with Crippen LogP contribution in [-0.4, -0.2) is 115 Å². The summed E-state index contributed by atoms with van der Waals surface area (Å²) >= 11 is 0. The number of halogens is 1. The van der Waals surface area contributed by atoms with Crippen molar-refractivity contribution >= 4 is 51.3 Å². The number of carbonyl (C=O) groups excluding carboxylic acids is 4. The van der Waals surface area contributed by atoms with Crippen LogP contribution in [0, 0.1) is 26.6 Å². The first kappa shape index (κ1) is 46.1. The molecule has 15 nitrogen and oxygen atoms in total. The molecule has 68 heavy (non-hydrogen) atoms. The quantitative estimate of drug-likeness (QED) is 0.0883. The number of piperazine rings is 1. The van der Waals surface area contributed by atoms with Crippen LogP contribution in [-0.2, 0) is 40.9 Å². The number of ether oxygens (including phenoxy) is 2. The van der Waals surface area contributed by atoms with E-state index in [1.54, 1.807) is 43.0 Å². The highest BCUT2D eigenvalue weighted by atomic mass is 19.1. The molecule has 9 rings (SSSR count). The molecule has 2 fully saturated rings. The molecule has 0 bridgehead atoms. The molecule has 2 aromatic heterocycles. The van der Waals surface area contributed by atoms with Crippen LogP contribution in [0.15, 0.2) is 66.7 Å². The summed E-state index contributed by atoms with van der Waals surface area (Å²) in [5.74, 6) is -1.72. The van der Waals surface area contributed by atoms with Gasteiger partial charge in [-0.05, 0) is 107 Å². The van der Waals surface area contributed by atoms with E-state index in [4.69, 9.17) is 14.6 Å². The molecule has 3 aliphatic rings. The van der Waals surface area contributed by atoms with Crippen molar-refractivity contribution in [1.29, 1.82) is 0 Å². The Hall–Kier alpha value is -7.07. The molecule has 0 radical (unpaired) electrons. The predicted octanol–water partition coefficient (Wildman–Crippen LogP) is 6.73. The maximum absolute atomic E-state index is 14.2. The molecule has 0 saturated carbocycles. The number of nitrogens with zero attached hydrogens (tertiary/aromatic N) is 6. The van der Waals surface area contributed by atoms with E-state index in [-0.39, 0.29) is 48.6 Å². The molecule has 2 saturated heterocycles. The number of fused-ring (bicyclic) bond motifs is 3. The topological polar surface area (TPSA) is 169 Å². The van der Waals surface area contributed by atoms with Gasteiger partial charge in [0.05, 0.1) is 24.4 Å². The number of hydrogen-bond donors (Lipinski definition) is 2. The summed E-state index contributed by atoms with van der Waals surface area (Å²) in [4.78, 5) is 71.0. The summed E-state index contributed by atoms with van der Waals surface area (Å²) in [5, 5.41) is 20.5. The number of carboxylic acids is 1. The van der Waals surface area contributed by atoms with Gasteiger partial charge in [0.15, 0.2) is 5.60 Å². The number of amides is 4. The van der Waals surface area contributed by atoms with Crippen LogP contribution in [0.5, 0.6) is 11.5 Å². The molecule has 354 valence electrons. The van der Waals surface area contributed by atoms with Crippen molar-refractivity contribution in [3.63, 3.8) is 0 Å². The summed E-state index contributed by atoms with van der Waals surface area (Å²) in [7, 11) is 1.91. The Bertz CT molecular complexity index is 3040. The largest absolute Gasteiger partial charge is 0.493 e. The van der Waals surface area contributed by atoms with Gasteiger partial charge in [-0.2, -0.15) is 5.10 Å². The van der Waals surface area contributed by atoms with E-state index in [0.717, 1.165) is 55.3 Å². The van der Waals surface area contributed by atoms with Gasteiger partial charge in [-0.15, -0.1) is 0 Å². The Kier molecular flexibility index (Phi) is 12.3. The highest BCUT2D eigenvalue weighted by molar-refractivity contribution is 6.07. The second-order valence-corrected chi connectivity index (χ2v) is 18.6. The lowest BCUT2D eigenvalue weighted by Gasteiger charge is -2.38. The molecular formula is C52H56FN7O8. The maximum atomic E-state index is 14.2. The predicted molar refractivity (Wildman–Crippen MR) is 253 cm³/mol. The minimum atomic E-state index is -1.30. The van der Waals surface area contributed by atoms with Gasteiger partial charge in [0.2, 0.25) is 11.8 Å². The van der Waals surface area contributed by atoms with E-state index in [2.05, 4.69) is 16.3 Å². The van der Waals surface area contributed by atoms with Crippen LogP contribution in [0.4, 0.5) is 4.39 Å². The molecule has 1 unspecified atom stereocenters. The van der Waals surface area contributed by atoms with E-state index in [1.165, 1.54) is 17.0 Å². The Morgan fingerprint density at radius 3 is 2.37 bits per heavy atom. The second kappa shape index (κ2) is 18.2. The van der Waals surface area contributed by atoms with Crippen LogP contribution in [0.1, 0.15) is 82.0 Å². The molecule has 3 aliphatic heterocycles. The number of benzene rings is 4. The summed E-state index contributed by atoms with van der Waals surface area (Å²) in [6.07, 6.45) is 1.36. The van der Waals surface area contributed by atoms with Gasteiger partial charge in [-0.1, -0.05) is 30.3 Å². The number of aromatic carboxylic acids is 1. The molecule has 16 heteroatoms. The number of carbonyl (C=O) groups is 5. The van der Waals surface area contributed by atoms with Crippen LogP contribution in [0.25, 0.3) is 32.8 Å². The van der Waals surface area contributed by atoms with Crippen molar-refractivity contribution in [2.24, 2.45) is 7.05 Å². The highest BCUT2D eigenvalue weighted by Gasteiger charge is 2.42. The molecule has 4 aromatic carbocycles. The van der Waals surface area contributed by atoms with Crippen LogP contribution in [0.2, 0.25) is 0 Å². The van der Waals surface area contributed by atoms with E-state index in [9.17, 15) is 33.5 Å². The van der Waals surface area contributed by atoms with Crippen LogP contribution < -0.4 is 14.8 Å². The average molecular weight is 926 g/mol. The van der Waals surface area contributed by atoms with E-state index in [0.29, 0.717) is 81.3 Å². The first-order valence-electron chi connectivity index (χ1n) is 23.2. The normalized spacial score (nSPS) is 16.8. The van der Waals surface area contributed by atoms with Gasteiger partial charge in [-0.25, -0.2) is 9.18 Å². The number of imide groups is 1. The maximum Gasteiger partial charge on any atom is 0.352 e. The standard InChI is InChI=1S/C52H56FN7O8/c1-30-15-17-37-36(12-9-27-67-41-13-7-10-33-28-34(53)16-18-35(33)41)47(50(64)65)59(46(37)44(30)45-31(2)55-56(6)32(45)3)26-23-57-21-24-58(25-22-57)51(66)52(4,5)68-42-14-8-11-38-39(42)29-60(49(38)63)40-19-20-43(61)54-48(40)62/h7-8,10-11,13-18,28,40H,9,12,19-27,29H2,1-6H3,(H,64,65)(H,54,61,62). The first-order valence-corrected chi connectivity index (χ1v) is 23.2. The van der Waals surface area contributed by atoms with Gasteiger partial charge in [0.25, 0.3) is 11.8 Å². The molecule has 2 N–H and O–H groups in total. The fourth-order valence-corrected chi connectivity index (χ4v) is 10.3. The lowest BCUT2D eigenvalue weighted by atomic mass is 9.94. The second-order valence-electron chi connectivity index (χ2n) is 18.6. The van der Waals surface area contributed by atoms with Gasteiger partial charge >= 0.3 is 5.97 Å². The van der Waals surface area contributed by atoms with Gasteiger partial charge in [0.1, 0.15) is 29.1 Å². The summed E-state index contributed by atoms with van der Waals surface area (Å²) in [5.41, 5.74) is 6.25. The number of carboxylic acid groups (broad SMARTS) is 1. The lowest BCUT2D eigenvalue weighted by Crippen LogP contribution is -2.56. The van der Waals surface area contributed by atoms with Crippen molar-refractivity contribution in [2.45, 2.75) is 85.0 Å². The van der Waals surface area contributed by atoms with Crippen molar-refractivity contribution < 1.29 is 42.9 Å². The monoisotopic (exact) mass is 925 g/mol. The SMILES string of the molecule is Cc1ccc2c(CCCOc3cccc4cc(F)ccc34)c(C(=O)O)n(CCN3CCN(C(=O)C(C)(C)Oc4cccc5c4CN(C4CCC(=O)NC4=O)C5=O)CC3)c2c1-c1c(C)nn(C)c1C. The Labute approximate surface area is 393 Å². The van der Waals surface area contributed by atoms with Crippen LogP contribution >= 0.6 is 0 Å². The van der Waals surface area contributed by atoms with E-state index < -0.39 is 23.5 Å². The summed E-state index contributed by atoms with van der Waals surface area (Å²) in [6.45, 7) is 12.8. The summed E-state index contributed by atoms with van der Waals surface area (Å²) in [6, 6.07) is 18.5. The Morgan fingerprint density at radius 1 is 0.912 bits per heavy atom. The minimum Gasteiger partial charge on any atom is -0.493 e. The summed E-state index contributed by atoms with van der Waals surface area (Å²) < 4.78 is 30.4. The van der Waals surface area contributed by atoms with Crippen molar-refractivity contribution in [3.8, 4) is 22.6 Å². The minimum absolute atomic E-state index is 0.119. The van der Waals surface area contributed by atoms with Crippen molar-refractivity contribution in [3.05, 3.63) is 112 Å². The molecule has 6 aromatic rings. The van der Waals surface area contributed by atoms with Gasteiger partial charge in [0, 0.05) is 91.5 Å². The third-order valence-electron chi connectivity index (χ3n) is 13.8. The lowest BCUT2D eigenvalue weighted by molar-refractivity contribution is -0.147. The zero-order valence-electron chi connectivity index (χ0n) is 39.3. The smallest absolute Gasteiger partial charge is 0.352 e. The molecule has 1 atom stereocenters. The third kappa shape index (κ3) is 8.46.